The fraction of sp³-hybridized carbons (Fsp3) is 0.667. The van der Waals surface area contributed by atoms with Crippen molar-refractivity contribution in [2.75, 3.05) is 13.1 Å². The molecule has 0 unspecified atom stereocenters. The maximum atomic E-state index is 10.6. The Labute approximate surface area is 59.7 Å². The van der Waals surface area contributed by atoms with Crippen LogP contribution in [-0.4, -0.2) is 25.0 Å². The van der Waals surface area contributed by atoms with Gasteiger partial charge in [-0.05, 0) is 6.42 Å². The minimum absolute atomic E-state index is 0.0291. The Balaban J connectivity index is 2.23. The Morgan fingerprint density at radius 3 is 3.10 bits per heavy atom. The molecule has 4 heteroatoms. The molecule has 1 amide bonds. The summed E-state index contributed by atoms with van der Waals surface area (Å²) in [6.07, 6.45) is 1.04. The highest BCUT2D eigenvalue weighted by Gasteiger charge is 2.10. The lowest BCUT2D eigenvalue weighted by atomic mass is 10.5. The van der Waals surface area contributed by atoms with Crippen LogP contribution >= 0.6 is 0 Å². The predicted octanol–water partition coefficient (Wildman–Crippen LogP) is -0.528. The van der Waals surface area contributed by atoms with E-state index in [0.717, 1.165) is 13.0 Å². The highest BCUT2D eigenvalue weighted by molar-refractivity contribution is 6.02. The Morgan fingerprint density at radius 1 is 1.80 bits per heavy atom. The van der Waals surface area contributed by atoms with Crippen LogP contribution < -0.4 is 10.6 Å². The van der Waals surface area contributed by atoms with Crippen LogP contribution in [0.2, 0.25) is 0 Å². The Kier molecular flexibility index (Phi) is 2.25. The molecule has 10 heavy (non-hydrogen) atoms. The van der Waals surface area contributed by atoms with Crippen LogP contribution in [0.25, 0.3) is 0 Å². The molecule has 4 nitrogen and oxygen atoms in total. The normalized spacial score (nSPS) is 16.5. The number of hydrogen-bond acceptors (Lipinski definition) is 3. The molecule has 1 aliphatic rings. The van der Waals surface area contributed by atoms with Gasteiger partial charge in [0, 0.05) is 6.54 Å². The van der Waals surface area contributed by atoms with Gasteiger partial charge in [0.1, 0.15) is 6.54 Å². The Bertz CT molecular complexity index is 164. The first-order valence-corrected chi connectivity index (χ1v) is 3.41. The molecule has 0 saturated carbocycles. The fourth-order valence-electron chi connectivity index (χ4n) is 0.705. The summed E-state index contributed by atoms with van der Waals surface area (Å²) in [6, 6.07) is 0. The summed E-state index contributed by atoms with van der Waals surface area (Å²) in [5.41, 5.74) is 0. The third kappa shape index (κ3) is 1.72. The predicted molar refractivity (Wildman–Crippen MR) is 38.7 cm³/mol. The van der Waals surface area contributed by atoms with E-state index in [0.29, 0.717) is 5.96 Å². The van der Waals surface area contributed by atoms with Crippen molar-refractivity contribution in [2.45, 2.75) is 13.3 Å². The Hall–Kier alpha value is -1.06. The smallest absolute Gasteiger partial charge is 0.248 e. The number of amides is 1. The van der Waals surface area contributed by atoms with Crippen molar-refractivity contribution in [1.82, 2.24) is 10.6 Å². The van der Waals surface area contributed by atoms with Gasteiger partial charge in [0.15, 0.2) is 5.96 Å². The zero-order valence-corrected chi connectivity index (χ0v) is 5.98. The van der Waals surface area contributed by atoms with Gasteiger partial charge in [0.2, 0.25) is 5.91 Å². The van der Waals surface area contributed by atoms with Gasteiger partial charge in [-0.3, -0.25) is 10.1 Å². The summed E-state index contributed by atoms with van der Waals surface area (Å²) in [5, 5.41) is 5.57. The summed E-state index contributed by atoms with van der Waals surface area (Å²) < 4.78 is 0. The lowest BCUT2D eigenvalue weighted by molar-refractivity contribution is -0.117. The van der Waals surface area contributed by atoms with Crippen molar-refractivity contribution in [2.24, 2.45) is 4.99 Å². The van der Waals surface area contributed by atoms with Gasteiger partial charge in [-0.25, -0.2) is 4.99 Å². The van der Waals surface area contributed by atoms with E-state index in [4.69, 9.17) is 0 Å². The number of carbonyl (C=O) groups is 1. The molecule has 0 spiro atoms. The Morgan fingerprint density at radius 2 is 2.60 bits per heavy atom. The average Bonchev–Trinajstić information content (AvgIpc) is 2.31. The van der Waals surface area contributed by atoms with Crippen LogP contribution in [0.15, 0.2) is 4.99 Å². The molecule has 0 aromatic rings. The molecular weight excluding hydrogens is 130 g/mol. The van der Waals surface area contributed by atoms with Gasteiger partial charge in [0.05, 0.1) is 0 Å². The second kappa shape index (κ2) is 3.20. The van der Waals surface area contributed by atoms with Gasteiger partial charge in [0.25, 0.3) is 0 Å². The first kappa shape index (κ1) is 7.05. The molecule has 0 aliphatic carbocycles. The lowest BCUT2D eigenvalue weighted by Gasteiger charge is -2.01. The van der Waals surface area contributed by atoms with Gasteiger partial charge in [-0.15, -0.1) is 0 Å². The van der Waals surface area contributed by atoms with Crippen molar-refractivity contribution >= 4 is 11.9 Å². The topological polar surface area (TPSA) is 53.5 Å². The largest absolute Gasteiger partial charge is 0.356 e. The summed E-state index contributed by atoms with van der Waals surface area (Å²) in [4.78, 5) is 14.5. The molecule has 0 saturated heterocycles. The zero-order valence-electron chi connectivity index (χ0n) is 5.98. The van der Waals surface area contributed by atoms with Crippen LogP contribution in [0.3, 0.4) is 0 Å². The van der Waals surface area contributed by atoms with E-state index in [-0.39, 0.29) is 12.5 Å². The molecule has 0 aromatic heterocycles. The van der Waals surface area contributed by atoms with Crippen molar-refractivity contribution in [3.8, 4) is 0 Å². The third-order valence-electron chi connectivity index (χ3n) is 1.18. The molecule has 1 rings (SSSR count). The first-order valence-electron chi connectivity index (χ1n) is 3.41. The second-order valence-electron chi connectivity index (χ2n) is 2.14. The van der Waals surface area contributed by atoms with Gasteiger partial charge in [-0.1, -0.05) is 6.92 Å². The van der Waals surface area contributed by atoms with E-state index in [1.54, 1.807) is 0 Å². The van der Waals surface area contributed by atoms with E-state index in [2.05, 4.69) is 22.5 Å². The van der Waals surface area contributed by atoms with Crippen molar-refractivity contribution < 1.29 is 4.79 Å². The van der Waals surface area contributed by atoms with Crippen LogP contribution in [0.4, 0.5) is 0 Å². The van der Waals surface area contributed by atoms with Gasteiger partial charge < -0.3 is 5.32 Å². The quantitative estimate of drug-likeness (QED) is 0.543. The zero-order chi connectivity index (χ0) is 7.40. The molecular formula is C6H11N3O. The number of nitrogens with one attached hydrogen (secondary N) is 2. The highest BCUT2D eigenvalue weighted by Crippen LogP contribution is 1.83. The fourth-order valence-corrected chi connectivity index (χ4v) is 0.705. The summed E-state index contributed by atoms with van der Waals surface area (Å²) in [6.45, 7) is 3.19. The summed E-state index contributed by atoms with van der Waals surface area (Å²) in [7, 11) is 0. The maximum Gasteiger partial charge on any atom is 0.248 e. The van der Waals surface area contributed by atoms with Gasteiger partial charge in [-0.2, -0.15) is 0 Å². The first-order chi connectivity index (χ1) is 4.83. The van der Waals surface area contributed by atoms with E-state index >= 15 is 0 Å². The molecule has 0 radical (unpaired) electrons. The van der Waals surface area contributed by atoms with E-state index in [9.17, 15) is 4.79 Å². The molecule has 1 aliphatic heterocycles. The highest BCUT2D eigenvalue weighted by atomic mass is 16.2. The number of aliphatic imine (C=N–C) groups is 1. The van der Waals surface area contributed by atoms with Crippen LogP contribution in [0.5, 0.6) is 0 Å². The molecule has 56 valence electrons. The van der Waals surface area contributed by atoms with E-state index < -0.39 is 0 Å². The van der Waals surface area contributed by atoms with Crippen LogP contribution in [0.1, 0.15) is 13.3 Å². The second-order valence-corrected chi connectivity index (χ2v) is 2.14. The van der Waals surface area contributed by atoms with Crippen molar-refractivity contribution in [3.63, 3.8) is 0 Å². The van der Waals surface area contributed by atoms with Crippen molar-refractivity contribution in [1.29, 1.82) is 0 Å². The monoisotopic (exact) mass is 141 g/mol. The van der Waals surface area contributed by atoms with E-state index in [1.165, 1.54) is 0 Å². The number of carbonyl (C=O) groups excluding carboxylic acids is 1. The number of guanidine groups is 1. The number of rotatable bonds is 2. The summed E-state index contributed by atoms with van der Waals surface area (Å²) >= 11 is 0. The standard InChI is InChI=1S/C6H11N3O/c1-2-3-7-6-8-4-5(10)9-6/h2-4H2,1H3,(H2,7,8,9,10). The third-order valence-corrected chi connectivity index (χ3v) is 1.18. The number of nitrogens with zero attached hydrogens (tertiary/aromatic N) is 1. The van der Waals surface area contributed by atoms with Crippen molar-refractivity contribution in [3.05, 3.63) is 0 Å². The van der Waals surface area contributed by atoms with Crippen LogP contribution in [0, 0.1) is 0 Å². The maximum absolute atomic E-state index is 10.6. The van der Waals surface area contributed by atoms with Gasteiger partial charge >= 0.3 is 0 Å². The lowest BCUT2D eigenvalue weighted by Crippen LogP contribution is -2.36. The average molecular weight is 141 g/mol. The molecule has 0 bridgehead atoms. The molecule has 2 N–H and O–H groups in total. The van der Waals surface area contributed by atoms with E-state index in [1.807, 2.05) is 0 Å². The molecule has 0 aromatic carbocycles. The summed E-state index contributed by atoms with van der Waals surface area (Å²) in [5.74, 6) is 0.588. The molecule has 1 heterocycles. The minimum Gasteiger partial charge on any atom is -0.356 e. The number of hydrogen-bond donors (Lipinski definition) is 2. The minimum atomic E-state index is -0.0291. The SMILES string of the molecule is CCCNC1=NCC(=O)N1. The van der Waals surface area contributed by atoms with Crippen LogP contribution in [-0.2, 0) is 4.79 Å². The molecule has 0 atom stereocenters. The molecule has 0 fully saturated rings.